The molecule has 0 fully saturated rings. The van der Waals surface area contributed by atoms with E-state index < -0.39 is 11.9 Å². The summed E-state index contributed by atoms with van der Waals surface area (Å²) in [6, 6.07) is 3.13. The maximum Gasteiger partial charge on any atom is 0.337 e. The number of nitrogens with zero attached hydrogens (tertiary/aromatic N) is 2. The number of imidazole rings is 1. The van der Waals surface area contributed by atoms with Crippen molar-refractivity contribution >= 4 is 17.5 Å². The first-order chi connectivity index (χ1) is 8.08. The number of fused-ring (bicyclic) bond motifs is 1. The number of aromatic carboxylic acids is 1. The number of carboxylic acid groups (broad SMARTS) is 2. The lowest BCUT2D eigenvalue weighted by atomic mass is 10.2. The molecular weight excluding hydrogens is 224 g/mol. The highest BCUT2D eigenvalue weighted by Crippen LogP contribution is 2.11. The molecule has 6 nitrogen and oxygen atoms in total. The topological polar surface area (TPSA) is 91.9 Å². The Morgan fingerprint density at radius 2 is 2.06 bits per heavy atom. The molecule has 2 rings (SSSR count). The van der Waals surface area contributed by atoms with E-state index in [1.54, 1.807) is 16.7 Å². The van der Waals surface area contributed by atoms with Gasteiger partial charge < -0.3 is 14.6 Å². The van der Waals surface area contributed by atoms with Crippen LogP contribution >= 0.6 is 0 Å². The van der Waals surface area contributed by atoms with E-state index >= 15 is 0 Å². The predicted molar refractivity (Wildman–Crippen MR) is 58.1 cm³/mol. The quantitative estimate of drug-likeness (QED) is 0.824. The molecule has 17 heavy (non-hydrogen) atoms. The average molecular weight is 234 g/mol. The minimum Gasteiger partial charge on any atom is -0.481 e. The van der Waals surface area contributed by atoms with Crippen molar-refractivity contribution in [3.05, 3.63) is 35.9 Å². The molecule has 6 heteroatoms. The normalized spacial score (nSPS) is 10.6. The molecule has 0 spiro atoms. The van der Waals surface area contributed by atoms with Gasteiger partial charge in [0.1, 0.15) is 5.82 Å². The molecule has 0 radical (unpaired) electrons. The van der Waals surface area contributed by atoms with Crippen LogP contribution in [-0.2, 0) is 11.2 Å². The molecule has 0 aliphatic heterocycles. The number of carbonyl (C=O) groups is 2. The molecule has 0 amide bonds. The molecule has 0 atom stereocenters. The van der Waals surface area contributed by atoms with Crippen molar-refractivity contribution in [3.8, 4) is 0 Å². The summed E-state index contributed by atoms with van der Waals surface area (Å²) >= 11 is 0. The smallest absolute Gasteiger partial charge is 0.337 e. The van der Waals surface area contributed by atoms with E-state index in [9.17, 15) is 9.59 Å². The van der Waals surface area contributed by atoms with Crippen LogP contribution in [0.4, 0.5) is 0 Å². The number of pyridine rings is 1. The second kappa shape index (κ2) is 4.25. The third-order valence-corrected chi connectivity index (χ3v) is 2.41. The van der Waals surface area contributed by atoms with Gasteiger partial charge in [-0.05, 0) is 12.1 Å². The summed E-state index contributed by atoms with van der Waals surface area (Å²) in [5.41, 5.74) is 0.891. The molecule has 0 unspecified atom stereocenters. The Morgan fingerprint density at radius 3 is 2.71 bits per heavy atom. The van der Waals surface area contributed by atoms with E-state index in [1.165, 1.54) is 12.3 Å². The minimum absolute atomic E-state index is 0.0313. The molecule has 2 aromatic heterocycles. The Labute approximate surface area is 96.1 Å². The third-order valence-electron chi connectivity index (χ3n) is 2.41. The second-order valence-electron chi connectivity index (χ2n) is 3.59. The molecule has 0 aliphatic rings. The van der Waals surface area contributed by atoms with Crippen LogP contribution in [0.15, 0.2) is 24.5 Å². The highest BCUT2D eigenvalue weighted by atomic mass is 16.4. The largest absolute Gasteiger partial charge is 0.481 e. The first-order valence-corrected chi connectivity index (χ1v) is 4.99. The summed E-state index contributed by atoms with van der Waals surface area (Å²) in [7, 11) is 0. The molecule has 2 heterocycles. The standard InChI is InChI=1S/C11H10N2O4/c14-10(15)4-3-9-12-5-8-2-1-7(11(16)17)6-13(8)9/h1-2,5-6H,3-4H2,(H,14,15)(H,16,17). The van der Waals surface area contributed by atoms with E-state index in [-0.39, 0.29) is 18.4 Å². The SMILES string of the molecule is O=C(O)CCc1ncc2ccc(C(=O)O)cn12. The van der Waals surface area contributed by atoms with E-state index in [2.05, 4.69) is 4.98 Å². The number of hydrogen-bond donors (Lipinski definition) is 2. The first-order valence-electron chi connectivity index (χ1n) is 4.99. The zero-order valence-corrected chi connectivity index (χ0v) is 8.83. The van der Waals surface area contributed by atoms with Crippen LogP contribution < -0.4 is 0 Å². The number of aryl methyl sites for hydroxylation is 1. The number of carboxylic acids is 2. The average Bonchev–Trinajstić information content (AvgIpc) is 2.68. The van der Waals surface area contributed by atoms with Crippen molar-refractivity contribution in [2.24, 2.45) is 0 Å². The first kappa shape index (κ1) is 11.1. The van der Waals surface area contributed by atoms with Gasteiger partial charge in [0.15, 0.2) is 0 Å². The van der Waals surface area contributed by atoms with Crippen molar-refractivity contribution < 1.29 is 19.8 Å². The van der Waals surface area contributed by atoms with Gasteiger partial charge in [0.25, 0.3) is 0 Å². The summed E-state index contributed by atoms with van der Waals surface area (Å²) in [4.78, 5) is 25.4. The number of aliphatic carboxylic acids is 1. The Bertz CT molecular complexity index is 588. The molecule has 0 saturated heterocycles. The van der Waals surface area contributed by atoms with Gasteiger partial charge in [-0.15, -0.1) is 0 Å². The van der Waals surface area contributed by atoms with Crippen molar-refractivity contribution in [3.63, 3.8) is 0 Å². The zero-order valence-electron chi connectivity index (χ0n) is 8.83. The Morgan fingerprint density at radius 1 is 1.29 bits per heavy atom. The number of aromatic nitrogens is 2. The Kier molecular flexibility index (Phi) is 2.78. The van der Waals surface area contributed by atoms with Gasteiger partial charge in [0, 0.05) is 12.6 Å². The molecule has 0 aromatic carbocycles. The van der Waals surface area contributed by atoms with Crippen molar-refractivity contribution in [1.29, 1.82) is 0 Å². The molecule has 2 aromatic rings. The van der Waals surface area contributed by atoms with E-state index in [1.807, 2.05) is 0 Å². The summed E-state index contributed by atoms with van der Waals surface area (Å²) in [5.74, 6) is -1.38. The molecule has 0 bridgehead atoms. The maximum atomic E-state index is 10.8. The maximum absolute atomic E-state index is 10.8. The summed E-state index contributed by atoms with van der Waals surface area (Å²) in [6.45, 7) is 0. The van der Waals surface area contributed by atoms with Crippen LogP contribution in [0, 0.1) is 0 Å². The predicted octanol–water partition coefficient (Wildman–Crippen LogP) is 1.05. The van der Waals surface area contributed by atoms with Crippen LogP contribution in [0.5, 0.6) is 0 Å². The summed E-state index contributed by atoms with van der Waals surface area (Å²) in [5, 5.41) is 17.5. The highest BCUT2D eigenvalue weighted by molar-refractivity contribution is 5.87. The van der Waals surface area contributed by atoms with Gasteiger partial charge >= 0.3 is 11.9 Å². The second-order valence-corrected chi connectivity index (χ2v) is 3.59. The number of hydrogen-bond acceptors (Lipinski definition) is 3. The fourth-order valence-corrected chi connectivity index (χ4v) is 1.57. The summed E-state index contributed by atoms with van der Waals surface area (Å²) < 4.78 is 1.60. The monoisotopic (exact) mass is 234 g/mol. The Balaban J connectivity index is 2.39. The van der Waals surface area contributed by atoms with Crippen LogP contribution in [0.3, 0.4) is 0 Å². The summed E-state index contributed by atoms with van der Waals surface area (Å²) in [6.07, 6.45) is 3.27. The highest BCUT2D eigenvalue weighted by Gasteiger charge is 2.09. The van der Waals surface area contributed by atoms with E-state index in [0.717, 1.165) is 5.52 Å². The van der Waals surface area contributed by atoms with Crippen molar-refractivity contribution in [2.45, 2.75) is 12.8 Å². The van der Waals surface area contributed by atoms with E-state index in [0.29, 0.717) is 5.82 Å². The third kappa shape index (κ3) is 2.25. The lowest BCUT2D eigenvalue weighted by molar-refractivity contribution is -0.137. The van der Waals surface area contributed by atoms with Crippen LogP contribution in [0.1, 0.15) is 22.6 Å². The van der Waals surface area contributed by atoms with Gasteiger partial charge in [-0.3, -0.25) is 4.79 Å². The van der Waals surface area contributed by atoms with Gasteiger partial charge in [0.2, 0.25) is 0 Å². The number of rotatable bonds is 4. The van der Waals surface area contributed by atoms with Crippen LogP contribution in [0.25, 0.3) is 5.52 Å². The molecule has 0 aliphatic carbocycles. The van der Waals surface area contributed by atoms with Gasteiger partial charge in [-0.2, -0.15) is 0 Å². The lowest BCUT2D eigenvalue weighted by Gasteiger charge is -2.01. The molecular formula is C11H10N2O4. The molecule has 0 saturated carbocycles. The zero-order chi connectivity index (χ0) is 12.4. The van der Waals surface area contributed by atoms with Crippen molar-refractivity contribution in [2.75, 3.05) is 0 Å². The fraction of sp³-hybridized carbons (Fsp3) is 0.182. The Hall–Kier alpha value is -2.37. The van der Waals surface area contributed by atoms with Crippen molar-refractivity contribution in [1.82, 2.24) is 9.38 Å². The fourth-order valence-electron chi connectivity index (χ4n) is 1.57. The van der Waals surface area contributed by atoms with E-state index in [4.69, 9.17) is 10.2 Å². The van der Waals surface area contributed by atoms with Crippen LogP contribution in [-0.4, -0.2) is 31.5 Å². The molecule has 2 N–H and O–H groups in total. The van der Waals surface area contributed by atoms with Crippen LogP contribution in [0.2, 0.25) is 0 Å². The molecule has 88 valence electrons. The minimum atomic E-state index is -1.02. The lowest BCUT2D eigenvalue weighted by Crippen LogP contribution is -2.03. The van der Waals surface area contributed by atoms with Gasteiger partial charge in [0.05, 0.1) is 23.7 Å². The van der Waals surface area contributed by atoms with Gasteiger partial charge in [-0.25, -0.2) is 9.78 Å². The van der Waals surface area contributed by atoms with Gasteiger partial charge in [-0.1, -0.05) is 0 Å².